The molecule has 0 radical (unpaired) electrons. The number of ether oxygens (including phenoxy) is 2. The fourth-order valence-corrected chi connectivity index (χ4v) is 2.64. The molecule has 2 aromatic rings. The summed E-state index contributed by atoms with van der Waals surface area (Å²) in [6, 6.07) is 10.3. The smallest absolute Gasteiger partial charge is 0.408 e. The van der Waals surface area contributed by atoms with Crippen molar-refractivity contribution in [3.05, 3.63) is 42.0 Å². The lowest BCUT2D eigenvalue weighted by atomic mass is 9.96. The largest absolute Gasteiger partial charge is 0.496 e. The zero-order chi connectivity index (χ0) is 18.6. The van der Waals surface area contributed by atoms with Gasteiger partial charge < -0.3 is 19.9 Å². The first kappa shape index (κ1) is 18.6. The van der Waals surface area contributed by atoms with E-state index >= 15 is 0 Å². The van der Waals surface area contributed by atoms with Gasteiger partial charge in [0.1, 0.15) is 11.4 Å². The van der Waals surface area contributed by atoms with Crippen LogP contribution in [-0.4, -0.2) is 29.9 Å². The molecule has 2 N–H and O–H groups in total. The summed E-state index contributed by atoms with van der Waals surface area (Å²) in [5.41, 5.74) is 0.0319. The van der Waals surface area contributed by atoms with Gasteiger partial charge in [0.25, 0.3) is 0 Å². The summed E-state index contributed by atoms with van der Waals surface area (Å²) < 4.78 is 10.6. The average Bonchev–Trinajstić information content (AvgIpc) is 2.51. The second kappa shape index (κ2) is 7.42. The molecule has 134 valence electrons. The number of hydrogen-bond donors (Lipinski definition) is 2. The number of benzene rings is 2. The fraction of sp³-hybridized carbons (Fsp3) is 0.368. The Hall–Kier alpha value is -2.76. The van der Waals surface area contributed by atoms with Gasteiger partial charge in [0.2, 0.25) is 0 Å². The van der Waals surface area contributed by atoms with Crippen LogP contribution >= 0.6 is 0 Å². The summed E-state index contributed by atoms with van der Waals surface area (Å²) >= 11 is 0. The number of carboxylic acids is 1. The van der Waals surface area contributed by atoms with Crippen LogP contribution in [0, 0.1) is 0 Å². The van der Waals surface area contributed by atoms with Gasteiger partial charge in [0.15, 0.2) is 0 Å². The molecule has 0 heterocycles. The SMILES string of the molecule is COc1ccc([C@@H](CC(=O)O)NC(=O)OC(C)(C)C)c2ccccc12. The summed E-state index contributed by atoms with van der Waals surface area (Å²) in [5.74, 6) is -0.327. The van der Waals surface area contributed by atoms with Crippen molar-refractivity contribution < 1.29 is 24.2 Å². The second-order valence-corrected chi connectivity index (χ2v) is 6.70. The highest BCUT2D eigenvalue weighted by Gasteiger charge is 2.24. The van der Waals surface area contributed by atoms with E-state index in [-0.39, 0.29) is 6.42 Å². The molecule has 2 aromatic carbocycles. The van der Waals surface area contributed by atoms with Crippen molar-refractivity contribution in [2.24, 2.45) is 0 Å². The summed E-state index contributed by atoms with van der Waals surface area (Å²) in [5, 5.41) is 13.6. The minimum atomic E-state index is -1.01. The van der Waals surface area contributed by atoms with Crippen LogP contribution in [0.2, 0.25) is 0 Å². The van der Waals surface area contributed by atoms with Crippen LogP contribution < -0.4 is 10.1 Å². The van der Waals surface area contributed by atoms with E-state index in [0.29, 0.717) is 11.3 Å². The van der Waals surface area contributed by atoms with Gasteiger partial charge in [-0.3, -0.25) is 4.79 Å². The van der Waals surface area contributed by atoms with Crippen molar-refractivity contribution >= 4 is 22.8 Å². The van der Waals surface area contributed by atoms with E-state index in [9.17, 15) is 14.7 Å². The molecule has 0 aliphatic carbocycles. The Morgan fingerprint density at radius 2 is 1.76 bits per heavy atom. The third-order valence-corrected chi connectivity index (χ3v) is 3.58. The fourth-order valence-electron chi connectivity index (χ4n) is 2.64. The number of carbonyl (C=O) groups is 2. The van der Waals surface area contributed by atoms with Crippen molar-refractivity contribution in [1.29, 1.82) is 0 Å². The Morgan fingerprint density at radius 1 is 1.12 bits per heavy atom. The Kier molecular flexibility index (Phi) is 5.51. The third-order valence-electron chi connectivity index (χ3n) is 3.58. The summed E-state index contributed by atoms with van der Waals surface area (Å²) in [4.78, 5) is 23.4. The monoisotopic (exact) mass is 345 g/mol. The number of alkyl carbamates (subject to hydrolysis) is 1. The Morgan fingerprint density at radius 3 is 2.32 bits per heavy atom. The zero-order valence-electron chi connectivity index (χ0n) is 14.8. The Balaban J connectivity index is 2.43. The lowest BCUT2D eigenvalue weighted by Gasteiger charge is -2.24. The predicted molar refractivity (Wildman–Crippen MR) is 94.9 cm³/mol. The van der Waals surface area contributed by atoms with E-state index in [2.05, 4.69) is 5.32 Å². The van der Waals surface area contributed by atoms with Crippen molar-refractivity contribution in [2.75, 3.05) is 7.11 Å². The van der Waals surface area contributed by atoms with E-state index < -0.39 is 23.7 Å². The van der Waals surface area contributed by atoms with Gasteiger partial charge in [0.05, 0.1) is 19.6 Å². The average molecular weight is 345 g/mol. The normalized spacial score (nSPS) is 12.5. The van der Waals surface area contributed by atoms with Gasteiger partial charge >= 0.3 is 12.1 Å². The highest BCUT2D eigenvalue weighted by molar-refractivity contribution is 5.92. The predicted octanol–water partition coefficient (Wildman–Crippen LogP) is 3.89. The minimum absolute atomic E-state index is 0.254. The maximum Gasteiger partial charge on any atom is 0.408 e. The maximum absolute atomic E-state index is 12.1. The van der Waals surface area contributed by atoms with Gasteiger partial charge in [-0.1, -0.05) is 30.3 Å². The van der Waals surface area contributed by atoms with Crippen LogP contribution in [0.3, 0.4) is 0 Å². The van der Waals surface area contributed by atoms with Crippen molar-refractivity contribution in [3.8, 4) is 5.75 Å². The molecule has 25 heavy (non-hydrogen) atoms. The lowest BCUT2D eigenvalue weighted by molar-refractivity contribution is -0.137. The van der Waals surface area contributed by atoms with Crippen LogP contribution in [0.1, 0.15) is 38.8 Å². The first-order valence-electron chi connectivity index (χ1n) is 7.98. The maximum atomic E-state index is 12.1. The standard InChI is InChI=1S/C19H23NO5/c1-19(2,3)25-18(23)20-15(11-17(21)22)13-9-10-16(24-4)14-8-6-5-7-12(13)14/h5-10,15H,11H2,1-4H3,(H,20,23)(H,21,22)/t15-/m1/s1. The van der Waals surface area contributed by atoms with Crippen LogP contribution in [0.5, 0.6) is 5.75 Å². The molecular weight excluding hydrogens is 322 g/mol. The van der Waals surface area contributed by atoms with E-state index in [1.165, 1.54) is 0 Å². The molecule has 0 saturated carbocycles. The zero-order valence-corrected chi connectivity index (χ0v) is 14.8. The molecule has 0 unspecified atom stereocenters. The minimum Gasteiger partial charge on any atom is -0.496 e. The number of hydrogen-bond acceptors (Lipinski definition) is 4. The van der Waals surface area contributed by atoms with Crippen LogP contribution in [-0.2, 0) is 9.53 Å². The molecule has 6 nitrogen and oxygen atoms in total. The van der Waals surface area contributed by atoms with Gasteiger partial charge in [-0.05, 0) is 37.8 Å². The molecule has 0 aliphatic heterocycles. The van der Waals surface area contributed by atoms with Crippen molar-refractivity contribution in [3.63, 3.8) is 0 Å². The number of rotatable bonds is 5. The lowest BCUT2D eigenvalue weighted by Crippen LogP contribution is -2.35. The summed E-state index contributed by atoms with van der Waals surface area (Å²) in [6.07, 6.45) is -0.908. The molecule has 0 aromatic heterocycles. The topological polar surface area (TPSA) is 84.9 Å². The van der Waals surface area contributed by atoms with E-state index in [1.54, 1.807) is 40.0 Å². The molecule has 0 saturated heterocycles. The molecule has 0 spiro atoms. The number of amides is 1. The van der Waals surface area contributed by atoms with Crippen molar-refractivity contribution in [1.82, 2.24) is 5.32 Å². The third kappa shape index (κ3) is 4.86. The highest BCUT2D eigenvalue weighted by Crippen LogP contribution is 2.32. The molecule has 2 rings (SSSR count). The second-order valence-electron chi connectivity index (χ2n) is 6.70. The molecule has 1 amide bonds. The van der Waals surface area contributed by atoms with E-state index in [1.807, 2.05) is 24.3 Å². The quantitative estimate of drug-likeness (QED) is 0.859. The number of nitrogens with one attached hydrogen (secondary N) is 1. The number of carboxylic acid groups (broad SMARTS) is 1. The number of carbonyl (C=O) groups excluding carboxylic acids is 1. The number of fused-ring (bicyclic) bond motifs is 1. The van der Waals surface area contributed by atoms with Gasteiger partial charge in [-0.15, -0.1) is 0 Å². The number of methoxy groups -OCH3 is 1. The molecule has 0 fully saturated rings. The number of aliphatic carboxylic acids is 1. The molecule has 0 aliphatic rings. The first-order chi connectivity index (χ1) is 11.7. The van der Waals surface area contributed by atoms with Crippen LogP contribution in [0.25, 0.3) is 10.8 Å². The highest BCUT2D eigenvalue weighted by atomic mass is 16.6. The van der Waals surface area contributed by atoms with E-state index in [0.717, 1.165) is 10.8 Å². The molecule has 1 atom stereocenters. The van der Waals surface area contributed by atoms with Gasteiger partial charge in [-0.2, -0.15) is 0 Å². The van der Waals surface area contributed by atoms with E-state index in [4.69, 9.17) is 9.47 Å². The molecule has 6 heteroatoms. The summed E-state index contributed by atoms with van der Waals surface area (Å²) in [6.45, 7) is 5.25. The molecular formula is C19H23NO5. The van der Waals surface area contributed by atoms with Crippen LogP contribution in [0.4, 0.5) is 4.79 Å². The Bertz CT molecular complexity index is 779. The van der Waals surface area contributed by atoms with Gasteiger partial charge in [0, 0.05) is 5.39 Å². The Labute approximate surface area is 146 Å². The van der Waals surface area contributed by atoms with Crippen molar-refractivity contribution in [2.45, 2.75) is 38.8 Å². The first-order valence-corrected chi connectivity index (χ1v) is 7.98. The van der Waals surface area contributed by atoms with Crippen LogP contribution in [0.15, 0.2) is 36.4 Å². The summed E-state index contributed by atoms with van der Waals surface area (Å²) in [7, 11) is 1.58. The molecule has 0 bridgehead atoms. The van der Waals surface area contributed by atoms with Gasteiger partial charge in [-0.25, -0.2) is 4.79 Å².